The van der Waals surface area contributed by atoms with Gasteiger partial charge in [0.1, 0.15) is 5.82 Å². The fourth-order valence-corrected chi connectivity index (χ4v) is 2.02. The van der Waals surface area contributed by atoms with Crippen molar-refractivity contribution in [3.05, 3.63) is 47.8 Å². The molecule has 0 bridgehead atoms. The molecule has 5 heteroatoms. The maximum atomic E-state index is 13.7. The van der Waals surface area contributed by atoms with Crippen LogP contribution in [-0.2, 0) is 4.74 Å². The number of rotatable bonds is 5. The standard InChI is InChI=1S/C15H16FNO3/c1-20-9-10(18)8-17-15(19)13-6-7-14(16)12-5-3-2-4-11(12)13/h2-7,10,18H,8-9H2,1H3,(H,17,19). The van der Waals surface area contributed by atoms with E-state index in [4.69, 9.17) is 4.74 Å². The number of nitrogens with one attached hydrogen (secondary N) is 1. The highest BCUT2D eigenvalue weighted by atomic mass is 19.1. The van der Waals surface area contributed by atoms with Gasteiger partial charge in [0.25, 0.3) is 5.91 Å². The molecule has 0 saturated heterocycles. The third-order valence-electron chi connectivity index (χ3n) is 2.97. The van der Waals surface area contributed by atoms with Crippen LogP contribution in [0.15, 0.2) is 36.4 Å². The number of carbonyl (C=O) groups excluding carboxylic acids is 1. The molecular formula is C15H16FNO3. The van der Waals surface area contributed by atoms with E-state index in [1.807, 2.05) is 0 Å². The van der Waals surface area contributed by atoms with Crippen LogP contribution in [0.25, 0.3) is 10.8 Å². The molecule has 1 atom stereocenters. The molecule has 106 valence electrons. The number of benzene rings is 2. The Morgan fingerprint density at radius 2 is 2.00 bits per heavy atom. The van der Waals surface area contributed by atoms with Gasteiger partial charge >= 0.3 is 0 Å². The van der Waals surface area contributed by atoms with E-state index in [9.17, 15) is 14.3 Å². The number of halogens is 1. The molecule has 2 aromatic carbocycles. The SMILES string of the molecule is COCC(O)CNC(=O)c1ccc(F)c2ccccc12. The zero-order valence-corrected chi connectivity index (χ0v) is 11.1. The van der Waals surface area contributed by atoms with Gasteiger partial charge in [0, 0.05) is 24.6 Å². The van der Waals surface area contributed by atoms with Crippen molar-refractivity contribution in [3.63, 3.8) is 0 Å². The second-order valence-electron chi connectivity index (χ2n) is 4.46. The van der Waals surface area contributed by atoms with Gasteiger partial charge in [-0.3, -0.25) is 4.79 Å². The molecule has 0 aliphatic rings. The zero-order valence-electron chi connectivity index (χ0n) is 11.1. The molecule has 0 saturated carbocycles. The summed E-state index contributed by atoms with van der Waals surface area (Å²) < 4.78 is 18.4. The Morgan fingerprint density at radius 1 is 1.30 bits per heavy atom. The summed E-state index contributed by atoms with van der Waals surface area (Å²) in [5.74, 6) is -0.715. The number of hydrogen-bond donors (Lipinski definition) is 2. The lowest BCUT2D eigenvalue weighted by Crippen LogP contribution is -2.34. The topological polar surface area (TPSA) is 58.6 Å². The number of fused-ring (bicyclic) bond motifs is 1. The first-order chi connectivity index (χ1) is 9.63. The average Bonchev–Trinajstić information content (AvgIpc) is 2.46. The van der Waals surface area contributed by atoms with Crippen molar-refractivity contribution in [2.24, 2.45) is 0 Å². The molecule has 0 heterocycles. The highest BCUT2D eigenvalue weighted by molar-refractivity contribution is 6.07. The summed E-state index contributed by atoms with van der Waals surface area (Å²) in [6, 6.07) is 9.49. The summed E-state index contributed by atoms with van der Waals surface area (Å²) in [6.45, 7) is 0.225. The molecule has 0 fully saturated rings. The van der Waals surface area contributed by atoms with Crippen molar-refractivity contribution in [1.29, 1.82) is 0 Å². The molecule has 1 amide bonds. The second kappa shape index (κ2) is 6.45. The predicted molar refractivity (Wildman–Crippen MR) is 74.1 cm³/mol. The number of ether oxygens (including phenoxy) is 1. The molecule has 0 aliphatic carbocycles. The van der Waals surface area contributed by atoms with Crippen LogP contribution in [0.4, 0.5) is 4.39 Å². The van der Waals surface area contributed by atoms with Crippen LogP contribution in [0, 0.1) is 5.82 Å². The molecule has 2 aromatic rings. The Labute approximate surface area is 116 Å². The molecule has 20 heavy (non-hydrogen) atoms. The summed E-state index contributed by atoms with van der Waals surface area (Å²) in [7, 11) is 1.47. The minimum atomic E-state index is -0.768. The zero-order chi connectivity index (χ0) is 14.5. The van der Waals surface area contributed by atoms with Crippen molar-refractivity contribution in [3.8, 4) is 0 Å². The minimum Gasteiger partial charge on any atom is -0.389 e. The van der Waals surface area contributed by atoms with Gasteiger partial charge in [-0.2, -0.15) is 0 Å². The third-order valence-corrected chi connectivity index (χ3v) is 2.97. The fraction of sp³-hybridized carbons (Fsp3) is 0.267. The summed E-state index contributed by atoms with van der Waals surface area (Å²) >= 11 is 0. The van der Waals surface area contributed by atoms with Crippen LogP contribution in [0.3, 0.4) is 0 Å². The lowest BCUT2D eigenvalue weighted by molar-refractivity contribution is 0.0610. The molecular weight excluding hydrogens is 261 g/mol. The summed E-state index contributed by atoms with van der Waals surface area (Å²) in [4.78, 5) is 12.1. The fourth-order valence-electron chi connectivity index (χ4n) is 2.02. The summed E-state index contributed by atoms with van der Waals surface area (Å²) in [5, 5.41) is 13.1. The van der Waals surface area contributed by atoms with Crippen LogP contribution < -0.4 is 5.32 Å². The molecule has 1 unspecified atom stereocenters. The van der Waals surface area contributed by atoms with Crippen molar-refractivity contribution in [2.75, 3.05) is 20.3 Å². The van der Waals surface area contributed by atoms with Crippen molar-refractivity contribution < 1.29 is 19.0 Å². The Bertz CT molecular complexity index is 615. The smallest absolute Gasteiger partial charge is 0.252 e. The monoisotopic (exact) mass is 277 g/mol. The molecule has 2 rings (SSSR count). The van der Waals surface area contributed by atoms with Crippen LogP contribution in [-0.4, -0.2) is 37.4 Å². The van der Waals surface area contributed by atoms with Gasteiger partial charge < -0.3 is 15.2 Å². The molecule has 4 nitrogen and oxygen atoms in total. The van der Waals surface area contributed by atoms with Crippen molar-refractivity contribution in [1.82, 2.24) is 5.32 Å². The predicted octanol–water partition coefficient (Wildman–Crippen LogP) is 1.72. The van der Waals surface area contributed by atoms with E-state index in [0.717, 1.165) is 0 Å². The Kier molecular flexibility index (Phi) is 4.65. The van der Waals surface area contributed by atoms with E-state index in [1.54, 1.807) is 24.3 Å². The Morgan fingerprint density at radius 3 is 2.70 bits per heavy atom. The van der Waals surface area contributed by atoms with E-state index >= 15 is 0 Å². The first kappa shape index (κ1) is 14.4. The lowest BCUT2D eigenvalue weighted by atomic mass is 10.0. The second-order valence-corrected chi connectivity index (χ2v) is 4.46. The maximum Gasteiger partial charge on any atom is 0.252 e. The molecule has 2 N–H and O–H groups in total. The Balaban J connectivity index is 2.20. The molecule has 0 radical (unpaired) electrons. The molecule has 0 aromatic heterocycles. The largest absolute Gasteiger partial charge is 0.389 e. The van der Waals surface area contributed by atoms with Crippen LogP contribution in [0.5, 0.6) is 0 Å². The first-order valence-corrected chi connectivity index (χ1v) is 6.26. The van der Waals surface area contributed by atoms with Crippen LogP contribution in [0.1, 0.15) is 10.4 Å². The average molecular weight is 277 g/mol. The third kappa shape index (κ3) is 3.12. The van der Waals surface area contributed by atoms with E-state index in [-0.39, 0.29) is 24.9 Å². The number of amides is 1. The summed E-state index contributed by atoms with van der Waals surface area (Å²) in [5.41, 5.74) is 0.381. The van der Waals surface area contributed by atoms with E-state index in [0.29, 0.717) is 16.3 Å². The summed E-state index contributed by atoms with van der Waals surface area (Å²) in [6.07, 6.45) is -0.768. The Hall–Kier alpha value is -1.98. The quantitative estimate of drug-likeness (QED) is 0.875. The molecule has 0 aliphatic heterocycles. The number of carbonyl (C=O) groups is 1. The normalized spacial score (nSPS) is 12.3. The van der Waals surface area contributed by atoms with E-state index < -0.39 is 6.10 Å². The van der Waals surface area contributed by atoms with Crippen LogP contribution in [0.2, 0.25) is 0 Å². The van der Waals surface area contributed by atoms with E-state index in [1.165, 1.54) is 19.2 Å². The maximum absolute atomic E-state index is 13.7. The van der Waals surface area contributed by atoms with Gasteiger partial charge in [-0.15, -0.1) is 0 Å². The van der Waals surface area contributed by atoms with Crippen LogP contribution >= 0.6 is 0 Å². The van der Waals surface area contributed by atoms with Gasteiger partial charge in [-0.1, -0.05) is 24.3 Å². The lowest BCUT2D eigenvalue weighted by Gasteiger charge is -2.12. The number of methoxy groups -OCH3 is 1. The number of aliphatic hydroxyl groups excluding tert-OH is 1. The molecule has 0 spiro atoms. The van der Waals surface area contributed by atoms with Gasteiger partial charge in [0.2, 0.25) is 0 Å². The van der Waals surface area contributed by atoms with Gasteiger partial charge in [-0.05, 0) is 17.5 Å². The van der Waals surface area contributed by atoms with Crippen molar-refractivity contribution in [2.45, 2.75) is 6.10 Å². The number of aliphatic hydroxyl groups is 1. The highest BCUT2D eigenvalue weighted by Crippen LogP contribution is 2.21. The number of hydrogen-bond acceptors (Lipinski definition) is 3. The van der Waals surface area contributed by atoms with Gasteiger partial charge in [0.15, 0.2) is 0 Å². The minimum absolute atomic E-state index is 0.0817. The van der Waals surface area contributed by atoms with Gasteiger partial charge in [0.05, 0.1) is 12.7 Å². The first-order valence-electron chi connectivity index (χ1n) is 6.26. The van der Waals surface area contributed by atoms with Crippen molar-refractivity contribution >= 4 is 16.7 Å². The highest BCUT2D eigenvalue weighted by Gasteiger charge is 2.13. The van der Waals surface area contributed by atoms with Gasteiger partial charge in [-0.25, -0.2) is 4.39 Å². The van der Waals surface area contributed by atoms with E-state index in [2.05, 4.69) is 5.32 Å².